The van der Waals surface area contributed by atoms with Crippen molar-refractivity contribution < 1.29 is 14.0 Å². The van der Waals surface area contributed by atoms with E-state index in [1.807, 2.05) is 19.1 Å². The van der Waals surface area contributed by atoms with E-state index >= 15 is 0 Å². The Kier molecular flexibility index (Phi) is 6.82. The van der Waals surface area contributed by atoms with Crippen molar-refractivity contribution in [1.29, 1.82) is 0 Å². The minimum Gasteiger partial charge on any atom is -0.338 e. The summed E-state index contributed by atoms with van der Waals surface area (Å²) in [6, 6.07) is 12.4. The molecule has 29 heavy (non-hydrogen) atoms. The van der Waals surface area contributed by atoms with Crippen LogP contribution < -0.4 is 10.6 Å². The number of carbonyl (C=O) groups is 2. The lowest BCUT2D eigenvalue weighted by atomic mass is 9.98. The van der Waals surface area contributed by atoms with Gasteiger partial charge in [-0.3, -0.25) is 4.79 Å². The Morgan fingerprint density at radius 3 is 2.62 bits per heavy atom. The number of hydrogen-bond donors (Lipinski definition) is 2. The summed E-state index contributed by atoms with van der Waals surface area (Å²) in [5, 5.41) is 11.3. The van der Waals surface area contributed by atoms with Gasteiger partial charge in [-0.05, 0) is 18.6 Å². The van der Waals surface area contributed by atoms with E-state index in [1.54, 1.807) is 30.3 Å². The van der Waals surface area contributed by atoms with Crippen molar-refractivity contribution in [1.82, 2.24) is 15.6 Å². The summed E-state index contributed by atoms with van der Waals surface area (Å²) >= 11 is 6.28. The number of nitrogens with zero attached hydrogens (tertiary/aromatic N) is 2. The number of urea groups is 1. The van der Waals surface area contributed by atoms with E-state index in [1.165, 1.54) is 11.1 Å². The number of amides is 3. The lowest BCUT2D eigenvalue weighted by Gasteiger charge is -2.22. The molecule has 6 nitrogen and oxygen atoms in total. The molecule has 1 atom stereocenters. The summed E-state index contributed by atoms with van der Waals surface area (Å²) in [4.78, 5) is 24.6. The Hall–Kier alpha value is -2.93. The summed E-state index contributed by atoms with van der Waals surface area (Å²) in [5.74, 6) is -0.855. The van der Waals surface area contributed by atoms with Crippen LogP contribution in [0.15, 0.2) is 53.6 Å². The van der Waals surface area contributed by atoms with Crippen molar-refractivity contribution in [2.75, 3.05) is 13.1 Å². The van der Waals surface area contributed by atoms with E-state index in [4.69, 9.17) is 11.6 Å². The Morgan fingerprint density at radius 1 is 1.17 bits per heavy atom. The molecule has 1 unspecified atom stereocenters. The van der Waals surface area contributed by atoms with Crippen molar-refractivity contribution in [2.45, 2.75) is 25.8 Å². The second-order valence-electron chi connectivity index (χ2n) is 6.62. The standard InChI is InChI=1S/C21H22ClFN4O2/c1-2-11-24-21(29)25-13-20(28)27-19(15-8-4-6-10-17(15)23)12-18(26-27)14-7-3-5-9-16(14)22/h3-10,19H,2,11-13H2,1H3,(H2,24,25,29). The van der Waals surface area contributed by atoms with Crippen molar-refractivity contribution >= 4 is 29.3 Å². The van der Waals surface area contributed by atoms with E-state index < -0.39 is 23.8 Å². The van der Waals surface area contributed by atoms with Crippen LogP contribution in [0.4, 0.5) is 9.18 Å². The maximum absolute atomic E-state index is 14.4. The number of benzene rings is 2. The first-order valence-electron chi connectivity index (χ1n) is 9.41. The van der Waals surface area contributed by atoms with Gasteiger partial charge in [0.25, 0.3) is 5.91 Å². The highest BCUT2D eigenvalue weighted by Crippen LogP contribution is 2.35. The quantitative estimate of drug-likeness (QED) is 0.750. The first kappa shape index (κ1) is 20.8. The SMILES string of the molecule is CCCNC(=O)NCC(=O)N1N=C(c2ccccc2Cl)CC1c1ccccc1F. The molecule has 152 valence electrons. The number of hydrazone groups is 1. The van der Waals surface area contributed by atoms with Gasteiger partial charge < -0.3 is 10.6 Å². The largest absolute Gasteiger partial charge is 0.338 e. The summed E-state index contributed by atoms with van der Waals surface area (Å²) in [6.45, 7) is 2.19. The van der Waals surface area contributed by atoms with Gasteiger partial charge in [0.2, 0.25) is 0 Å². The topological polar surface area (TPSA) is 73.8 Å². The van der Waals surface area contributed by atoms with Crippen molar-refractivity contribution in [3.05, 3.63) is 70.5 Å². The van der Waals surface area contributed by atoms with Crippen LogP contribution in [0.1, 0.15) is 36.9 Å². The van der Waals surface area contributed by atoms with E-state index in [0.29, 0.717) is 34.8 Å². The van der Waals surface area contributed by atoms with Crippen LogP contribution in [0.25, 0.3) is 0 Å². The third-order valence-corrected chi connectivity index (χ3v) is 4.88. The van der Waals surface area contributed by atoms with Gasteiger partial charge in [0.05, 0.1) is 11.8 Å². The van der Waals surface area contributed by atoms with Gasteiger partial charge in [0.1, 0.15) is 12.4 Å². The monoisotopic (exact) mass is 416 g/mol. The third-order valence-electron chi connectivity index (χ3n) is 4.55. The van der Waals surface area contributed by atoms with Crippen molar-refractivity contribution in [3.63, 3.8) is 0 Å². The highest BCUT2D eigenvalue weighted by Gasteiger charge is 2.35. The van der Waals surface area contributed by atoms with Crippen LogP contribution in [0, 0.1) is 5.82 Å². The van der Waals surface area contributed by atoms with Crippen LogP contribution in [0.3, 0.4) is 0 Å². The molecule has 0 radical (unpaired) electrons. The van der Waals surface area contributed by atoms with Crippen LogP contribution in [0.5, 0.6) is 0 Å². The van der Waals surface area contributed by atoms with Crippen LogP contribution in [-0.4, -0.2) is 35.7 Å². The molecule has 0 bridgehead atoms. The van der Waals surface area contributed by atoms with Crippen LogP contribution in [-0.2, 0) is 4.79 Å². The minimum absolute atomic E-state index is 0.250. The molecule has 2 aromatic rings. The average Bonchev–Trinajstić information content (AvgIpc) is 3.16. The normalized spacial score (nSPS) is 15.8. The fraction of sp³-hybridized carbons (Fsp3) is 0.286. The van der Waals surface area contributed by atoms with Gasteiger partial charge in [-0.2, -0.15) is 5.10 Å². The molecular formula is C21H22ClFN4O2. The number of halogens is 2. The smallest absolute Gasteiger partial charge is 0.315 e. The fourth-order valence-electron chi connectivity index (χ4n) is 3.12. The number of rotatable bonds is 6. The van der Waals surface area contributed by atoms with E-state index in [9.17, 15) is 14.0 Å². The third kappa shape index (κ3) is 4.92. The predicted molar refractivity (Wildman–Crippen MR) is 110 cm³/mol. The van der Waals surface area contributed by atoms with Crippen LogP contribution >= 0.6 is 11.6 Å². The highest BCUT2D eigenvalue weighted by molar-refractivity contribution is 6.34. The molecule has 3 amide bonds. The molecule has 2 aromatic carbocycles. The molecule has 0 saturated heterocycles. The molecule has 1 aliphatic heterocycles. The Labute approximate surface area is 173 Å². The van der Waals surface area contributed by atoms with Gasteiger partial charge in [-0.25, -0.2) is 14.2 Å². The summed E-state index contributed by atoms with van der Waals surface area (Å²) in [6.07, 6.45) is 1.10. The zero-order valence-electron chi connectivity index (χ0n) is 16.0. The van der Waals surface area contributed by atoms with Gasteiger partial charge in [0.15, 0.2) is 0 Å². The molecule has 8 heteroatoms. The molecule has 0 aromatic heterocycles. The number of carbonyl (C=O) groups excluding carboxylic acids is 2. The van der Waals surface area contributed by atoms with E-state index in [0.717, 1.165) is 6.42 Å². The lowest BCUT2D eigenvalue weighted by molar-refractivity contribution is -0.131. The molecule has 0 fully saturated rings. The van der Waals surface area contributed by atoms with Gasteiger partial charge >= 0.3 is 6.03 Å². The Balaban J connectivity index is 1.84. The van der Waals surface area contributed by atoms with Gasteiger partial charge in [0, 0.05) is 29.1 Å². The summed E-state index contributed by atoms with van der Waals surface area (Å²) in [7, 11) is 0. The zero-order valence-corrected chi connectivity index (χ0v) is 16.7. The van der Waals surface area contributed by atoms with Gasteiger partial charge in [-0.1, -0.05) is 54.9 Å². The molecular weight excluding hydrogens is 395 g/mol. The second-order valence-corrected chi connectivity index (χ2v) is 7.02. The minimum atomic E-state index is -0.615. The molecule has 1 heterocycles. The summed E-state index contributed by atoms with van der Waals surface area (Å²) in [5.41, 5.74) is 1.65. The molecule has 0 spiro atoms. The second kappa shape index (κ2) is 9.52. The Morgan fingerprint density at radius 2 is 1.90 bits per heavy atom. The highest BCUT2D eigenvalue weighted by atomic mass is 35.5. The molecule has 2 N–H and O–H groups in total. The first-order chi connectivity index (χ1) is 14.0. The van der Waals surface area contributed by atoms with Crippen molar-refractivity contribution in [2.24, 2.45) is 5.10 Å². The predicted octanol–water partition coefficient (Wildman–Crippen LogP) is 3.87. The van der Waals surface area contributed by atoms with Crippen molar-refractivity contribution in [3.8, 4) is 0 Å². The summed E-state index contributed by atoms with van der Waals surface area (Å²) < 4.78 is 14.4. The zero-order chi connectivity index (χ0) is 20.8. The number of nitrogens with one attached hydrogen (secondary N) is 2. The van der Waals surface area contributed by atoms with E-state index in [-0.39, 0.29) is 6.54 Å². The maximum Gasteiger partial charge on any atom is 0.315 e. The average molecular weight is 417 g/mol. The fourth-order valence-corrected chi connectivity index (χ4v) is 3.37. The van der Waals surface area contributed by atoms with Crippen LogP contribution in [0.2, 0.25) is 5.02 Å². The molecule has 3 rings (SSSR count). The maximum atomic E-state index is 14.4. The Bertz CT molecular complexity index is 934. The number of hydrogen-bond acceptors (Lipinski definition) is 3. The van der Waals surface area contributed by atoms with Gasteiger partial charge in [-0.15, -0.1) is 0 Å². The molecule has 0 saturated carbocycles. The van der Waals surface area contributed by atoms with E-state index in [2.05, 4.69) is 15.7 Å². The molecule has 1 aliphatic rings. The lowest BCUT2D eigenvalue weighted by Crippen LogP contribution is -2.42. The molecule has 0 aliphatic carbocycles. The first-order valence-corrected chi connectivity index (χ1v) is 9.79.